The Labute approximate surface area is 137 Å². The Morgan fingerprint density at radius 2 is 2.17 bits per heavy atom. The second kappa shape index (κ2) is 7.13. The molecule has 1 aliphatic heterocycles. The van der Waals surface area contributed by atoms with Gasteiger partial charge < -0.3 is 4.90 Å². The highest BCUT2D eigenvalue weighted by atomic mass is 32.1. The highest BCUT2D eigenvalue weighted by molar-refractivity contribution is 7.13. The van der Waals surface area contributed by atoms with Crippen molar-refractivity contribution in [2.75, 3.05) is 42.9 Å². The van der Waals surface area contributed by atoms with E-state index >= 15 is 0 Å². The van der Waals surface area contributed by atoms with Gasteiger partial charge in [0.2, 0.25) is 11.0 Å². The molecule has 118 valence electrons. The van der Waals surface area contributed by atoms with Crippen molar-refractivity contribution < 1.29 is 4.79 Å². The van der Waals surface area contributed by atoms with Crippen LogP contribution in [0.1, 0.15) is 5.56 Å². The molecule has 0 aromatic carbocycles. The summed E-state index contributed by atoms with van der Waals surface area (Å²) in [6, 6.07) is 5.69. The number of nitrogens with zero attached hydrogens (tertiary/aromatic N) is 6. The smallest absolute Gasteiger partial charge is 0.240 e. The standard InChI is InChI=1S/C14H15N7OS/c15-7-11-1-2-12(16-8-11)21-5-3-20(4-6-21)9-13(22)18-14-19-17-10-23-14/h1-2,8,10H,3-6,9H2,(H,18,19,22). The van der Waals surface area contributed by atoms with E-state index in [2.05, 4.69) is 36.4 Å². The molecular formula is C14H15N7OS. The van der Waals surface area contributed by atoms with E-state index < -0.39 is 0 Å². The molecule has 3 heterocycles. The topological polar surface area (TPSA) is 98.0 Å². The van der Waals surface area contributed by atoms with Crippen LogP contribution >= 0.6 is 11.3 Å². The lowest BCUT2D eigenvalue weighted by molar-refractivity contribution is -0.117. The number of carbonyl (C=O) groups excluding carboxylic acids is 1. The van der Waals surface area contributed by atoms with Gasteiger partial charge in [0.15, 0.2) is 0 Å². The number of carbonyl (C=O) groups is 1. The second-order valence-electron chi connectivity index (χ2n) is 5.07. The number of nitriles is 1. The largest absolute Gasteiger partial charge is 0.354 e. The zero-order chi connectivity index (χ0) is 16.1. The molecule has 1 aliphatic rings. The quantitative estimate of drug-likeness (QED) is 0.875. The molecule has 1 fully saturated rings. The van der Waals surface area contributed by atoms with Gasteiger partial charge in [-0.2, -0.15) is 5.26 Å². The highest BCUT2D eigenvalue weighted by Crippen LogP contribution is 2.14. The predicted octanol–water partition coefficient (Wildman–Crippen LogP) is 0.565. The van der Waals surface area contributed by atoms with Crippen LogP contribution < -0.4 is 10.2 Å². The lowest BCUT2D eigenvalue weighted by Crippen LogP contribution is -2.48. The summed E-state index contributed by atoms with van der Waals surface area (Å²) >= 11 is 1.30. The molecule has 3 rings (SSSR count). The van der Waals surface area contributed by atoms with Gasteiger partial charge in [-0.05, 0) is 12.1 Å². The van der Waals surface area contributed by atoms with Gasteiger partial charge in [-0.15, -0.1) is 10.2 Å². The first-order chi connectivity index (χ1) is 11.2. The molecule has 0 unspecified atom stereocenters. The monoisotopic (exact) mass is 329 g/mol. The van der Waals surface area contributed by atoms with Crippen LogP contribution in [0.15, 0.2) is 23.8 Å². The third kappa shape index (κ3) is 4.00. The second-order valence-corrected chi connectivity index (χ2v) is 5.91. The first kappa shape index (κ1) is 15.3. The fourth-order valence-corrected chi connectivity index (χ4v) is 2.82. The van der Waals surface area contributed by atoms with E-state index in [9.17, 15) is 4.79 Å². The van der Waals surface area contributed by atoms with Gasteiger partial charge in [-0.3, -0.25) is 15.0 Å². The SMILES string of the molecule is N#Cc1ccc(N2CCN(CC(=O)Nc3nncs3)CC2)nc1. The molecule has 0 saturated carbocycles. The average molecular weight is 329 g/mol. The number of amides is 1. The van der Waals surface area contributed by atoms with Crippen LogP contribution in [0.4, 0.5) is 10.9 Å². The Morgan fingerprint density at radius 1 is 1.35 bits per heavy atom. The maximum Gasteiger partial charge on any atom is 0.240 e. The van der Waals surface area contributed by atoms with E-state index in [0.717, 1.165) is 32.0 Å². The summed E-state index contributed by atoms with van der Waals surface area (Å²) in [7, 11) is 0. The number of piperazine rings is 1. The van der Waals surface area contributed by atoms with Crippen molar-refractivity contribution in [2.24, 2.45) is 0 Å². The Morgan fingerprint density at radius 3 is 2.78 bits per heavy atom. The predicted molar refractivity (Wildman–Crippen MR) is 86.1 cm³/mol. The van der Waals surface area contributed by atoms with Gasteiger partial charge in [-0.25, -0.2) is 4.98 Å². The maximum absolute atomic E-state index is 11.9. The van der Waals surface area contributed by atoms with Crippen molar-refractivity contribution >= 4 is 28.2 Å². The van der Waals surface area contributed by atoms with Crippen LogP contribution in [0.2, 0.25) is 0 Å². The fourth-order valence-electron chi connectivity index (χ4n) is 2.36. The first-order valence-electron chi connectivity index (χ1n) is 7.14. The molecule has 0 spiro atoms. The summed E-state index contributed by atoms with van der Waals surface area (Å²) in [5, 5.41) is 19.5. The molecule has 0 radical (unpaired) electrons. The maximum atomic E-state index is 11.9. The molecule has 0 bridgehead atoms. The third-order valence-electron chi connectivity index (χ3n) is 3.55. The van der Waals surface area contributed by atoms with Crippen molar-refractivity contribution in [2.45, 2.75) is 0 Å². The lowest BCUT2D eigenvalue weighted by atomic mass is 10.2. The van der Waals surface area contributed by atoms with Crippen LogP contribution in [0.3, 0.4) is 0 Å². The molecule has 8 nitrogen and oxygen atoms in total. The highest BCUT2D eigenvalue weighted by Gasteiger charge is 2.20. The summed E-state index contributed by atoms with van der Waals surface area (Å²) < 4.78 is 0. The summed E-state index contributed by atoms with van der Waals surface area (Å²) in [6.07, 6.45) is 1.58. The number of anilines is 2. The summed E-state index contributed by atoms with van der Waals surface area (Å²) in [5.74, 6) is 0.786. The van der Waals surface area contributed by atoms with E-state index in [1.807, 2.05) is 6.07 Å². The Balaban J connectivity index is 1.48. The molecule has 0 atom stereocenters. The molecule has 1 amide bonds. The van der Waals surface area contributed by atoms with Crippen LogP contribution in [0, 0.1) is 11.3 Å². The summed E-state index contributed by atoms with van der Waals surface area (Å²) in [6.45, 7) is 3.50. The number of pyridine rings is 1. The fraction of sp³-hybridized carbons (Fsp3) is 0.357. The van der Waals surface area contributed by atoms with Crippen molar-refractivity contribution in [3.8, 4) is 6.07 Å². The van der Waals surface area contributed by atoms with Crippen LogP contribution in [0.5, 0.6) is 0 Å². The van der Waals surface area contributed by atoms with E-state index in [4.69, 9.17) is 5.26 Å². The number of aromatic nitrogens is 3. The molecule has 1 N–H and O–H groups in total. The molecule has 2 aromatic rings. The normalized spacial score (nSPS) is 15.2. The molecule has 1 saturated heterocycles. The summed E-state index contributed by atoms with van der Waals surface area (Å²) in [5.41, 5.74) is 2.14. The minimum absolute atomic E-state index is 0.0771. The Hall–Kier alpha value is -2.57. The molecule has 2 aromatic heterocycles. The Bertz CT molecular complexity index is 687. The van der Waals surface area contributed by atoms with E-state index in [1.165, 1.54) is 11.3 Å². The first-order valence-corrected chi connectivity index (χ1v) is 8.02. The molecule has 9 heteroatoms. The van der Waals surface area contributed by atoms with Gasteiger partial charge in [0, 0.05) is 32.4 Å². The van der Waals surface area contributed by atoms with E-state index in [-0.39, 0.29) is 5.91 Å². The molecule has 0 aliphatic carbocycles. The van der Waals surface area contributed by atoms with Crippen molar-refractivity contribution in [3.05, 3.63) is 29.4 Å². The number of rotatable bonds is 4. The third-order valence-corrected chi connectivity index (χ3v) is 4.15. The van der Waals surface area contributed by atoms with Gasteiger partial charge in [0.05, 0.1) is 12.1 Å². The van der Waals surface area contributed by atoms with Gasteiger partial charge in [-0.1, -0.05) is 11.3 Å². The summed E-state index contributed by atoms with van der Waals surface area (Å²) in [4.78, 5) is 20.5. The Kier molecular flexibility index (Phi) is 4.75. The molecule has 23 heavy (non-hydrogen) atoms. The van der Waals surface area contributed by atoms with Gasteiger partial charge in [0.1, 0.15) is 17.4 Å². The lowest BCUT2D eigenvalue weighted by Gasteiger charge is -2.34. The zero-order valence-electron chi connectivity index (χ0n) is 12.3. The van der Waals surface area contributed by atoms with Crippen molar-refractivity contribution in [1.29, 1.82) is 5.26 Å². The van der Waals surface area contributed by atoms with Gasteiger partial charge >= 0.3 is 0 Å². The number of hydrogen-bond donors (Lipinski definition) is 1. The minimum atomic E-state index is -0.0771. The van der Waals surface area contributed by atoms with Crippen LogP contribution in [0.25, 0.3) is 0 Å². The van der Waals surface area contributed by atoms with Gasteiger partial charge in [0.25, 0.3) is 0 Å². The number of nitrogens with one attached hydrogen (secondary N) is 1. The number of hydrogen-bond acceptors (Lipinski definition) is 8. The van der Waals surface area contributed by atoms with Crippen LogP contribution in [-0.2, 0) is 4.79 Å². The molecular weight excluding hydrogens is 314 g/mol. The van der Waals surface area contributed by atoms with Crippen molar-refractivity contribution in [3.63, 3.8) is 0 Å². The minimum Gasteiger partial charge on any atom is -0.354 e. The zero-order valence-corrected chi connectivity index (χ0v) is 13.2. The van der Waals surface area contributed by atoms with Crippen LogP contribution in [-0.4, -0.2) is 58.7 Å². The van der Waals surface area contributed by atoms with Crippen molar-refractivity contribution in [1.82, 2.24) is 20.1 Å². The average Bonchev–Trinajstić information content (AvgIpc) is 3.08. The van der Waals surface area contributed by atoms with E-state index in [0.29, 0.717) is 17.2 Å². The van der Waals surface area contributed by atoms with E-state index in [1.54, 1.807) is 17.8 Å².